The standard InChI is InChI=1S/C15H17F2NO3S/c1-20-12-2-3-14(21-15(16)17)11(6-12)7-18-8-13(19)10-4-5-22-9-10/h2-6,9,13,15,18-19H,7-8H2,1H3. The van der Waals surface area contributed by atoms with Crippen molar-refractivity contribution in [1.82, 2.24) is 5.32 Å². The normalized spacial score (nSPS) is 12.4. The van der Waals surface area contributed by atoms with Gasteiger partial charge in [0.1, 0.15) is 11.5 Å². The average Bonchev–Trinajstić information content (AvgIpc) is 3.02. The van der Waals surface area contributed by atoms with Crippen LogP contribution in [-0.2, 0) is 6.54 Å². The van der Waals surface area contributed by atoms with Crippen LogP contribution >= 0.6 is 11.3 Å². The third-order valence-electron chi connectivity index (χ3n) is 3.06. The molecule has 0 aliphatic carbocycles. The molecule has 0 spiro atoms. The number of benzene rings is 1. The van der Waals surface area contributed by atoms with Crippen molar-refractivity contribution < 1.29 is 23.4 Å². The van der Waals surface area contributed by atoms with Gasteiger partial charge < -0.3 is 19.9 Å². The van der Waals surface area contributed by atoms with E-state index in [1.54, 1.807) is 12.1 Å². The first-order chi connectivity index (χ1) is 10.6. The maximum atomic E-state index is 12.4. The Hall–Kier alpha value is -1.70. The van der Waals surface area contributed by atoms with E-state index in [4.69, 9.17) is 4.74 Å². The van der Waals surface area contributed by atoms with Gasteiger partial charge in [0, 0.05) is 18.7 Å². The lowest BCUT2D eigenvalue weighted by atomic mass is 10.1. The number of methoxy groups -OCH3 is 1. The largest absolute Gasteiger partial charge is 0.497 e. The Morgan fingerprint density at radius 1 is 1.32 bits per heavy atom. The molecule has 1 atom stereocenters. The van der Waals surface area contributed by atoms with Gasteiger partial charge in [-0.25, -0.2) is 0 Å². The molecular formula is C15H17F2NO3S. The Morgan fingerprint density at radius 2 is 2.14 bits per heavy atom. The minimum absolute atomic E-state index is 0.0910. The maximum Gasteiger partial charge on any atom is 0.387 e. The summed E-state index contributed by atoms with van der Waals surface area (Å²) in [7, 11) is 1.50. The molecule has 120 valence electrons. The molecule has 2 aromatic rings. The van der Waals surface area contributed by atoms with Gasteiger partial charge in [-0.1, -0.05) is 0 Å². The molecule has 0 fully saturated rings. The van der Waals surface area contributed by atoms with Crippen molar-refractivity contribution in [1.29, 1.82) is 0 Å². The van der Waals surface area contributed by atoms with Crippen LogP contribution in [0.4, 0.5) is 8.78 Å². The molecular weight excluding hydrogens is 312 g/mol. The van der Waals surface area contributed by atoms with Gasteiger partial charge in [0.15, 0.2) is 0 Å². The number of ether oxygens (including phenoxy) is 2. The van der Waals surface area contributed by atoms with Gasteiger partial charge in [-0.3, -0.25) is 0 Å². The smallest absolute Gasteiger partial charge is 0.387 e. The Balaban J connectivity index is 1.98. The molecule has 2 N–H and O–H groups in total. The number of alkyl halides is 2. The lowest BCUT2D eigenvalue weighted by Gasteiger charge is -2.14. The van der Waals surface area contributed by atoms with Crippen LogP contribution in [0.2, 0.25) is 0 Å². The first-order valence-electron chi connectivity index (χ1n) is 6.62. The van der Waals surface area contributed by atoms with E-state index in [9.17, 15) is 13.9 Å². The molecule has 0 radical (unpaired) electrons. The van der Waals surface area contributed by atoms with Crippen LogP contribution in [0.1, 0.15) is 17.2 Å². The molecule has 0 saturated carbocycles. The molecule has 1 heterocycles. The highest BCUT2D eigenvalue weighted by Crippen LogP contribution is 2.26. The van der Waals surface area contributed by atoms with E-state index in [1.165, 1.54) is 24.5 Å². The van der Waals surface area contributed by atoms with E-state index in [-0.39, 0.29) is 12.3 Å². The highest BCUT2D eigenvalue weighted by molar-refractivity contribution is 7.07. The topological polar surface area (TPSA) is 50.7 Å². The summed E-state index contributed by atoms with van der Waals surface area (Å²) in [4.78, 5) is 0. The number of nitrogens with one attached hydrogen (secondary N) is 1. The summed E-state index contributed by atoms with van der Waals surface area (Å²) in [5.74, 6) is 0.644. The van der Waals surface area contributed by atoms with E-state index in [0.717, 1.165) is 5.56 Å². The fourth-order valence-corrected chi connectivity index (χ4v) is 2.66. The molecule has 22 heavy (non-hydrogen) atoms. The van der Waals surface area contributed by atoms with Crippen molar-refractivity contribution in [2.75, 3.05) is 13.7 Å². The van der Waals surface area contributed by atoms with E-state index in [2.05, 4.69) is 10.1 Å². The van der Waals surface area contributed by atoms with Gasteiger partial charge >= 0.3 is 6.61 Å². The molecule has 2 rings (SSSR count). The lowest BCUT2D eigenvalue weighted by Crippen LogP contribution is -2.21. The zero-order chi connectivity index (χ0) is 15.9. The Bertz CT molecular complexity index is 578. The quantitative estimate of drug-likeness (QED) is 0.781. The van der Waals surface area contributed by atoms with E-state index in [0.29, 0.717) is 17.9 Å². The fraction of sp³-hybridized carbons (Fsp3) is 0.333. The summed E-state index contributed by atoms with van der Waals surface area (Å²) in [5.41, 5.74) is 1.37. The second-order valence-electron chi connectivity index (χ2n) is 4.56. The van der Waals surface area contributed by atoms with E-state index in [1.807, 2.05) is 16.8 Å². The second-order valence-corrected chi connectivity index (χ2v) is 5.34. The molecule has 7 heteroatoms. The third-order valence-corrected chi connectivity index (χ3v) is 3.77. The summed E-state index contributed by atoms with van der Waals surface area (Å²) >= 11 is 1.50. The summed E-state index contributed by atoms with van der Waals surface area (Å²) < 4.78 is 34.4. The first kappa shape index (κ1) is 16.7. The van der Waals surface area contributed by atoms with E-state index < -0.39 is 12.7 Å². The van der Waals surface area contributed by atoms with Crippen LogP contribution in [0.15, 0.2) is 35.0 Å². The molecule has 0 amide bonds. The van der Waals surface area contributed by atoms with Crippen LogP contribution < -0.4 is 14.8 Å². The van der Waals surface area contributed by atoms with Crippen LogP contribution in [0, 0.1) is 0 Å². The molecule has 0 aliphatic rings. The maximum absolute atomic E-state index is 12.4. The minimum atomic E-state index is -2.89. The monoisotopic (exact) mass is 329 g/mol. The summed E-state index contributed by atoms with van der Waals surface area (Å²) in [6, 6.07) is 6.47. The number of hydrogen-bond acceptors (Lipinski definition) is 5. The summed E-state index contributed by atoms with van der Waals surface area (Å²) in [5, 5.41) is 16.7. The van der Waals surface area contributed by atoms with Crippen molar-refractivity contribution in [3.63, 3.8) is 0 Å². The Morgan fingerprint density at radius 3 is 2.77 bits per heavy atom. The van der Waals surface area contributed by atoms with Crippen molar-refractivity contribution in [3.05, 3.63) is 46.2 Å². The Kier molecular flexibility index (Phi) is 6.11. The van der Waals surface area contributed by atoms with Gasteiger partial charge in [0.05, 0.1) is 13.2 Å². The lowest BCUT2D eigenvalue weighted by molar-refractivity contribution is -0.0505. The van der Waals surface area contributed by atoms with Crippen molar-refractivity contribution in [2.45, 2.75) is 19.3 Å². The SMILES string of the molecule is COc1ccc(OC(F)F)c(CNCC(O)c2ccsc2)c1. The zero-order valence-corrected chi connectivity index (χ0v) is 12.8. The molecule has 1 aromatic heterocycles. The van der Waals surface area contributed by atoms with Gasteiger partial charge in [-0.05, 0) is 40.6 Å². The number of hydrogen-bond donors (Lipinski definition) is 2. The molecule has 0 aliphatic heterocycles. The van der Waals surface area contributed by atoms with Crippen LogP contribution in [0.5, 0.6) is 11.5 Å². The molecule has 1 aromatic carbocycles. The molecule has 0 saturated heterocycles. The first-order valence-corrected chi connectivity index (χ1v) is 7.57. The molecule has 1 unspecified atom stereocenters. The fourth-order valence-electron chi connectivity index (χ4n) is 1.96. The number of aliphatic hydroxyl groups excluding tert-OH is 1. The van der Waals surface area contributed by atoms with Gasteiger partial charge in [-0.15, -0.1) is 0 Å². The number of thiophene rings is 1. The predicted molar refractivity (Wildman–Crippen MR) is 80.6 cm³/mol. The van der Waals surface area contributed by atoms with Crippen LogP contribution in [0.3, 0.4) is 0 Å². The minimum Gasteiger partial charge on any atom is -0.497 e. The average molecular weight is 329 g/mol. The second kappa shape index (κ2) is 8.07. The van der Waals surface area contributed by atoms with E-state index >= 15 is 0 Å². The highest BCUT2D eigenvalue weighted by Gasteiger charge is 2.12. The number of halogens is 2. The van der Waals surface area contributed by atoms with Gasteiger partial charge in [0.2, 0.25) is 0 Å². The van der Waals surface area contributed by atoms with Crippen LogP contribution in [-0.4, -0.2) is 25.4 Å². The summed E-state index contributed by atoms with van der Waals surface area (Å²) in [6.07, 6.45) is -0.642. The van der Waals surface area contributed by atoms with Gasteiger partial charge in [0.25, 0.3) is 0 Å². The summed E-state index contributed by atoms with van der Waals surface area (Å²) in [6.45, 7) is -2.30. The number of aliphatic hydroxyl groups is 1. The molecule has 0 bridgehead atoms. The van der Waals surface area contributed by atoms with Gasteiger partial charge in [-0.2, -0.15) is 20.1 Å². The number of rotatable bonds is 8. The third kappa shape index (κ3) is 4.66. The highest BCUT2D eigenvalue weighted by atomic mass is 32.1. The zero-order valence-electron chi connectivity index (χ0n) is 12.0. The predicted octanol–water partition coefficient (Wildman–Crippen LogP) is 3.18. The molecule has 4 nitrogen and oxygen atoms in total. The van der Waals surface area contributed by atoms with Crippen molar-refractivity contribution >= 4 is 11.3 Å². The van der Waals surface area contributed by atoms with Crippen LogP contribution in [0.25, 0.3) is 0 Å². The Labute approximate surface area is 131 Å². The van der Waals surface area contributed by atoms with Crippen molar-refractivity contribution in [2.24, 2.45) is 0 Å². The van der Waals surface area contributed by atoms with Crippen molar-refractivity contribution in [3.8, 4) is 11.5 Å².